The van der Waals surface area contributed by atoms with Crippen LogP contribution in [0, 0.1) is 0 Å². The van der Waals surface area contributed by atoms with Crippen LogP contribution < -0.4 is 5.32 Å². The summed E-state index contributed by atoms with van der Waals surface area (Å²) in [6.45, 7) is 0.929. The number of para-hydroxylation sites is 1. The van der Waals surface area contributed by atoms with Crippen LogP contribution in [0.5, 0.6) is 0 Å². The molecular weight excluding hydrogens is 282 g/mol. The van der Waals surface area contributed by atoms with E-state index in [1.165, 1.54) is 5.56 Å². The quantitative estimate of drug-likeness (QED) is 0.894. The number of rotatable bonds is 2. The predicted octanol–water partition coefficient (Wildman–Crippen LogP) is 3.09. The number of halogens is 1. The predicted molar refractivity (Wildman–Crippen MR) is 69.1 cm³/mol. The summed E-state index contributed by atoms with van der Waals surface area (Å²) in [6.07, 6.45) is 1.84. The lowest BCUT2D eigenvalue weighted by atomic mass is 10.0. The normalized spacial score (nSPS) is 15.4. The smallest absolute Gasteiger partial charge is 0.151 e. The Bertz CT molecular complexity index is 550. The van der Waals surface area contributed by atoms with Gasteiger partial charge in [-0.05, 0) is 34.0 Å². The first kappa shape index (κ1) is 10.9. The van der Waals surface area contributed by atoms with Crippen LogP contribution in [0.15, 0.2) is 39.4 Å². The highest BCUT2D eigenvalue weighted by Crippen LogP contribution is 2.36. The van der Waals surface area contributed by atoms with E-state index in [0.717, 1.165) is 28.7 Å². The molecular formula is C13H12BrNO2. The third-order valence-corrected chi connectivity index (χ3v) is 3.72. The SMILES string of the molecule is OC(c1cccc2c1NCC2)c1occc1Br. The molecule has 0 amide bonds. The number of fused-ring (bicyclic) bond motifs is 1. The fourth-order valence-corrected chi connectivity index (χ4v) is 2.65. The molecule has 2 N–H and O–H groups in total. The summed E-state index contributed by atoms with van der Waals surface area (Å²) in [5, 5.41) is 13.7. The van der Waals surface area contributed by atoms with Gasteiger partial charge in [0, 0.05) is 17.8 Å². The minimum Gasteiger partial charge on any atom is -0.465 e. The van der Waals surface area contributed by atoms with E-state index < -0.39 is 6.10 Å². The molecule has 0 saturated heterocycles. The van der Waals surface area contributed by atoms with Crippen molar-refractivity contribution in [2.75, 3.05) is 11.9 Å². The fraction of sp³-hybridized carbons (Fsp3) is 0.231. The van der Waals surface area contributed by atoms with Crippen LogP contribution in [-0.4, -0.2) is 11.7 Å². The van der Waals surface area contributed by atoms with E-state index >= 15 is 0 Å². The van der Waals surface area contributed by atoms with Gasteiger partial charge in [-0.3, -0.25) is 0 Å². The van der Waals surface area contributed by atoms with Gasteiger partial charge in [0.25, 0.3) is 0 Å². The van der Waals surface area contributed by atoms with Crippen molar-refractivity contribution in [3.8, 4) is 0 Å². The van der Waals surface area contributed by atoms with Gasteiger partial charge in [-0.1, -0.05) is 18.2 Å². The molecule has 0 spiro atoms. The minimum atomic E-state index is -0.736. The third-order valence-electron chi connectivity index (χ3n) is 3.07. The van der Waals surface area contributed by atoms with E-state index in [-0.39, 0.29) is 0 Å². The van der Waals surface area contributed by atoms with Crippen molar-refractivity contribution in [2.45, 2.75) is 12.5 Å². The Morgan fingerprint density at radius 1 is 1.35 bits per heavy atom. The zero-order valence-corrected chi connectivity index (χ0v) is 10.7. The second kappa shape index (κ2) is 4.20. The van der Waals surface area contributed by atoms with E-state index in [4.69, 9.17) is 4.42 Å². The van der Waals surface area contributed by atoms with Gasteiger partial charge in [-0.15, -0.1) is 0 Å². The summed E-state index contributed by atoms with van der Waals surface area (Å²) in [6, 6.07) is 7.77. The maximum atomic E-state index is 10.4. The molecule has 3 nitrogen and oxygen atoms in total. The van der Waals surface area contributed by atoms with Gasteiger partial charge in [-0.2, -0.15) is 0 Å². The van der Waals surface area contributed by atoms with Crippen LogP contribution in [0.2, 0.25) is 0 Å². The molecule has 3 rings (SSSR count). The van der Waals surface area contributed by atoms with Gasteiger partial charge in [0.05, 0.1) is 10.7 Å². The van der Waals surface area contributed by atoms with Crippen molar-refractivity contribution in [2.24, 2.45) is 0 Å². The molecule has 88 valence electrons. The van der Waals surface area contributed by atoms with Crippen LogP contribution >= 0.6 is 15.9 Å². The van der Waals surface area contributed by atoms with Crippen molar-refractivity contribution in [3.05, 3.63) is 51.9 Å². The topological polar surface area (TPSA) is 45.4 Å². The second-order valence-corrected chi connectivity index (χ2v) is 4.95. The number of hydrogen-bond donors (Lipinski definition) is 2. The first-order chi connectivity index (χ1) is 8.27. The lowest BCUT2D eigenvalue weighted by molar-refractivity contribution is 0.189. The highest BCUT2D eigenvalue weighted by Gasteiger charge is 2.23. The monoisotopic (exact) mass is 293 g/mol. The fourth-order valence-electron chi connectivity index (χ4n) is 2.24. The lowest BCUT2D eigenvalue weighted by Crippen LogP contribution is -2.03. The number of hydrogen-bond acceptors (Lipinski definition) is 3. The summed E-state index contributed by atoms with van der Waals surface area (Å²) in [4.78, 5) is 0. The molecule has 1 aromatic heterocycles. The van der Waals surface area contributed by atoms with Gasteiger partial charge in [0.1, 0.15) is 6.10 Å². The van der Waals surface area contributed by atoms with Crippen LogP contribution in [-0.2, 0) is 6.42 Å². The van der Waals surface area contributed by atoms with E-state index in [9.17, 15) is 5.11 Å². The molecule has 0 bridgehead atoms. The number of furan rings is 1. The van der Waals surface area contributed by atoms with Crippen molar-refractivity contribution >= 4 is 21.6 Å². The first-order valence-electron chi connectivity index (χ1n) is 5.54. The van der Waals surface area contributed by atoms with Crippen molar-refractivity contribution in [1.82, 2.24) is 0 Å². The molecule has 2 heterocycles. The Hall–Kier alpha value is -1.26. The molecule has 4 heteroatoms. The molecule has 0 fully saturated rings. The summed E-state index contributed by atoms with van der Waals surface area (Å²) in [5.74, 6) is 0.548. The average Bonchev–Trinajstić information content (AvgIpc) is 2.95. The summed E-state index contributed by atoms with van der Waals surface area (Å²) in [7, 11) is 0. The largest absolute Gasteiger partial charge is 0.465 e. The second-order valence-electron chi connectivity index (χ2n) is 4.09. The molecule has 1 aliphatic rings. The average molecular weight is 294 g/mol. The standard InChI is InChI=1S/C13H12BrNO2/c14-10-5-7-17-13(10)12(16)9-3-1-2-8-4-6-15-11(8)9/h1-3,5,7,12,15-16H,4,6H2. The van der Waals surface area contributed by atoms with Gasteiger partial charge >= 0.3 is 0 Å². The molecule has 1 aliphatic heterocycles. The van der Waals surface area contributed by atoms with Gasteiger partial charge in [0.15, 0.2) is 5.76 Å². The molecule has 1 aromatic carbocycles. The van der Waals surface area contributed by atoms with Crippen molar-refractivity contribution in [3.63, 3.8) is 0 Å². The zero-order valence-electron chi connectivity index (χ0n) is 9.11. The molecule has 0 radical (unpaired) electrons. The van der Waals surface area contributed by atoms with E-state index in [1.807, 2.05) is 12.1 Å². The zero-order chi connectivity index (χ0) is 11.8. The highest BCUT2D eigenvalue weighted by atomic mass is 79.9. The summed E-state index contributed by atoms with van der Waals surface area (Å²) < 4.78 is 6.11. The molecule has 0 aliphatic carbocycles. The highest BCUT2D eigenvalue weighted by molar-refractivity contribution is 9.10. The molecule has 2 aromatic rings. The van der Waals surface area contributed by atoms with Crippen LogP contribution in [0.1, 0.15) is 23.0 Å². The van der Waals surface area contributed by atoms with E-state index in [1.54, 1.807) is 12.3 Å². The van der Waals surface area contributed by atoms with Crippen molar-refractivity contribution in [1.29, 1.82) is 0 Å². The van der Waals surface area contributed by atoms with Gasteiger partial charge in [-0.25, -0.2) is 0 Å². The molecule has 17 heavy (non-hydrogen) atoms. The van der Waals surface area contributed by atoms with Gasteiger partial charge in [0.2, 0.25) is 0 Å². The van der Waals surface area contributed by atoms with E-state index in [0.29, 0.717) is 5.76 Å². The Kier molecular flexibility index (Phi) is 2.68. The lowest BCUT2D eigenvalue weighted by Gasteiger charge is -2.13. The molecule has 1 unspecified atom stereocenters. The number of aliphatic hydroxyl groups is 1. The number of benzene rings is 1. The third kappa shape index (κ3) is 1.77. The minimum absolute atomic E-state index is 0.548. The number of nitrogens with one attached hydrogen (secondary N) is 1. The van der Waals surface area contributed by atoms with E-state index in [2.05, 4.69) is 27.3 Å². The number of anilines is 1. The summed E-state index contributed by atoms with van der Waals surface area (Å²) >= 11 is 3.37. The summed E-state index contributed by atoms with van der Waals surface area (Å²) in [5.41, 5.74) is 3.17. The Morgan fingerprint density at radius 3 is 3.00 bits per heavy atom. The maximum absolute atomic E-state index is 10.4. The Morgan fingerprint density at radius 2 is 2.24 bits per heavy atom. The first-order valence-corrected chi connectivity index (χ1v) is 6.33. The Labute approximate surface area is 108 Å². The van der Waals surface area contributed by atoms with Crippen LogP contribution in [0.25, 0.3) is 0 Å². The maximum Gasteiger partial charge on any atom is 0.151 e. The van der Waals surface area contributed by atoms with Crippen molar-refractivity contribution < 1.29 is 9.52 Å². The van der Waals surface area contributed by atoms with Crippen LogP contribution in [0.3, 0.4) is 0 Å². The van der Waals surface area contributed by atoms with Crippen LogP contribution in [0.4, 0.5) is 5.69 Å². The molecule has 0 saturated carbocycles. The number of aliphatic hydroxyl groups excluding tert-OH is 1. The van der Waals surface area contributed by atoms with Gasteiger partial charge < -0.3 is 14.8 Å². The molecule has 1 atom stereocenters. The Balaban J connectivity index is 2.05.